The second-order valence-corrected chi connectivity index (χ2v) is 12.4. The Hall–Kier alpha value is -2.73. The molecule has 2 saturated heterocycles. The fourth-order valence-electron chi connectivity index (χ4n) is 9.61. The Kier molecular flexibility index (Phi) is 4.53. The summed E-state index contributed by atoms with van der Waals surface area (Å²) in [6.07, 6.45) is 14.8. The maximum Gasteiger partial charge on any atom is 0.277 e. The molecule has 36 heavy (non-hydrogen) atoms. The third-order valence-corrected chi connectivity index (χ3v) is 10.7. The number of aromatic amines is 1. The van der Waals surface area contributed by atoms with Crippen LogP contribution in [0.15, 0.2) is 52.2 Å². The summed E-state index contributed by atoms with van der Waals surface area (Å²) in [5, 5.41) is 0. The molecule has 4 heterocycles. The molecule has 6 aliphatic rings. The summed E-state index contributed by atoms with van der Waals surface area (Å²) in [4.78, 5) is 36.2. The van der Waals surface area contributed by atoms with E-state index in [9.17, 15) is 9.59 Å². The number of pyridine rings is 1. The van der Waals surface area contributed by atoms with Crippen LogP contribution in [0.25, 0.3) is 22.3 Å². The van der Waals surface area contributed by atoms with Crippen LogP contribution < -0.4 is 11.1 Å². The Morgan fingerprint density at radius 1 is 0.889 bits per heavy atom. The molecule has 6 heteroatoms. The maximum absolute atomic E-state index is 14.0. The van der Waals surface area contributed by atoms with E-state index < -0.39 is 0 Å². The van der Waals surface area contributed by atoms with Crippen LogP contribution in [0.4, 0.5) is 0 Å². The standard InChI is InChI=1S/C30H34N4O2/c35-27-11-9-19(17-31-27)28-29(36)33(26-7-2-1-6-25(26)32-28)23-13-21-4-3-5-22(14-23)34(21)30-15-18-8-10-24(30)20(12-18)16-30/h1-2,6-7,9,11,17-18,20-24H,3-5,8,10,12-16H2,(H,31,35)/t18-,20+,21-,22+,23+,24?,30-/m0/s1. The van der Waals surface area contributed by atoms with Crippen LogP contribution in [0.5, 0.6) is 0 Å². The number of H-pyrrole nitrogens is 1. The van der Waals surface area contributed by atoms with Crippen molar-refractivity contribution in [2.45, 2.75) is 87.9 Å². The van der Waals surface area contributed by atoms with Crippen molar-refractivity contribution in [3.05, 3.63) is 63.3 Å². The molecular weight excluding hydrogens is 448 g/mol. The maximum atomic E-state index is 14.0. The normalized spacial score (nSPS) is 37.1. The molecule has 0 radical (unpaired) electrons. The summed E-state index contributed by atoms with van der Waals surface area (Å²) >= 11 is 0. The van der Waals surface area contributed by atoms with E-state index in [1.165, 1.54) is 57.4 Å². The zero-order chi connectivity index (χ0) is 24.0. The Labute approximate surface area is 210 Å². The molecule has 9 rings (SSSR count). The van der Waals surface area contributed by atoms with Crippen LogP contribution in [-0.2, 0) is 0 Å². The summed E-state index contributed by atoms with van der Waals surface area (Å²) in [5.41, 5.74) is 3.15. The van der Waals surface area contributed by atoms with Crippen molar-refractivity contribution < 1.29 is 0 Å². The number of hydrogen-bond acceptors (Lipinski definition) is 4. The van der Waals surface area contributed by atoms with Crippen molar-refractivity contribution in [1.82, 2.24) is 19.4 Å². The summed E-state index contributed by atoms with van der Waals surface area (Å²) in [7, 11) is 0. The van der Waals surface area contributed by atoms with Gasteiger partial charge in [0.15, 0.2) is 0 Å². The number of fused-ring (bicyclic) bond motifs is 4. The predicted octanol–water partition coefficient (Wildman–Crippen LogP) is 4.89. The highest BCUT2D eigenvalue weighted by atomic mass is 16.1. The molecule has 7 atom stereocenters. The van der Waals surface area contributed by atoms with Crippen molar-refractivity contribution in [1.29, 1.82) is 0 Å². The van der Waals surface area contributed by atoms with E-state index in [1.54, 1.807) is 12.3 Å². The minimum Gasteiger partial charge on any atom is -0.328 e. The van der Waals surface area contributed by atoms with E-state index in [1.807, 2.05) is 18.2 Å². The number of rotatable bonds is 3. The first kappa shape index (κ1) is 21.4. The van der Waals surface area contributed by atoms with Gasteiger partial charge in [-0.15, -0.1) is 0 Å². The third kappa shape index (κ3) is 2.91. The molecule has 0 amide bonds. The van der Waals surface area contributed by atoms with Crippen LogP contribution in [0.3, 0.4) is 0 Å². The number of nitrogens with zero attached hydrogens (tertiary/aromatic N) is 3. The molecule has 1 aromatic carbocycles. The second kappa shape index (κ2) is 7.64. The molecule has 3 aromatic rings. The van der Waals surface area contributed by atoms with Gasteiger partial charge in [0.25, 0.3) is 5.56 Å². The lowest BCUT2D eigenvalue weighted by molar-refractivity contribution is -0.221. The van der Waals surface area contributed by atoms with Gasteiger partial charge in [-0.2, -0.15) is 0 Å². The fourth-order valence-corrected chi connectivity index (χ4v) is 9.61. The molecule has 1 N–H and O–H groups in total. The molecule has 186 valence electrons. The summed E-state index contributed by atoms with van der Waals surface area (Å²) < 4.78 is 2.07. The lowest BCUT2D eigenvalue weighted by Gasteiger charge is -2.73. The van der Waals surface area contributed by atoms with Crippen molar-refractivity contribution in [2.24, 2.45) is 17.8 Å². The molecule has 6 bridgehead atoms. The predicted molar refractivity (Wildman–Crippen MR) is 140 cm³/mol. The van der Waals surface area contributed by atoms with E-state index in [0.29, 0.717) is 28.9 Å². The van der Waals surface area contributed by atoms with Gasteiger partial charge < -0.3 is 9.55 Å². The quantitative estimate of drug-likeness (QED) is 0.577. The average Bonchev–Trinajstić information content (AvgIpc) is 2.88. The molecule has 6 nitrogen and oxygen atoms in total. The van der Waals surface area contributed by atoms with Crippen LogP contribution in [-0.4, -0.2) is 37.1 Å². The highest BCUT2D eigenvalue weighted by molar-refractivity contribution is 5.77. The first-order valence-corrected chi connectivity index (χ1v) is 14.1. The van der Waals surface area contributed by atoms with Gasteiger partial charge in [0, 0.05) is 41.5 Å². The van der Waals surface area contributed by atoms with Gasteiger partial charge >= 0.3 is 0 Å². The van der Waals surface area contributed by atoms with E-state index in [2.05, 4.69) is 20.5 Å². The van der Waals surface area contributed by atoms with E-state index >= 15 is 0 Å². The van der Waals surface area contributed by atoms with Gasteiger partial charge in [0.2, 0.25) is 5.56 Å². The zero-order valence-electron chi connectivity index (χ0n) is 20.7. The number of nitrogens with one attached hydrogen (secondary N) is 1. The minimum atomic E-state index is -0.172. The summed E-state index contributed by atoms with van der Waals surface area (Å²) in [6, 6.07) is 12.6. The summed E-state index contributed by atoms with van der Waals surface area (Å²) in [5.74, 6) is 2.87. The molecule has 6 fully saturated rings. The smallest absolute Gasteiger partial charge is 0.277 e. The van der Waals surface area contributed by atoms with Crippen molar-refractivity contribution >= 4 is 11.0 Å². The van der Waals surface area contributed by atoms with Crippen molar-refractivity contribution in [3.8, 4) is 11.3 Å². The number of hydrogen-bond donors (Lipinski definition) is 1. The van der Waals surface area contributed by atoms with Crippen molar-refractivity contribution in [2.75, 3.05) is 0 Å². The monoisotopic (exact) mass is 482 g/mol. The molecule has 4 aliphatic carbocycles. The lowest BCUT2D eigenvalue weighted by atomic mass is 9.42. The molecule has 2 aliphatic heterocycles. The van der Waals surface area contributed by atoms with Gasteiger partial charge in [0.05, 0.1) is 11.0 Å². The van der Waals surface area contributed by atoms with Crippen LogP contribution >= 0.6 is 0 Å². The highest BCUT2D eigenvalue weighted by Crippen LogP contribution is 2.67. The third-order valence-electron chi connectivity index (χ3n) is 10.7. The first-order valence-electron chi connectivity index (χ1n) is 14.1. The molecule has 2 aromatic heterocycles. The van der Waals surface area contributed by atoms with Gasteiger partial charge in [-0.05, 0) is 87.3 Å². The first-order chi connectivity index (χ1) is 17.6. The minimum absolute atomic E-state index is 0.0316. The van der Waals surface area contributed by atoms with Crippen molar-refractivity contribution in [3.63, 3.8) is 0 Å². The van der Waals surface area contributed by atoms with E-state index in [0.717, 1.165) is 41.6 Å². The van der Waals surface area contributed by atoms with Gasteiger partial charge in [-0.1, -0.05) is 25.0 Å². The molecule has 1 unspecified atom stereocenters. The fraction of sp³-hybridized carbons (Fsp3) is 0.567. The number of para-hydroxylation sites is 2. The summed E-state index contributed by atoms with van der Waals surface area (Å²) in [6.45, 7) is 0. The average molecular weight is 483 g/mol. The Bertz CT molecular complexity index is 1440. The molecular formula is C30H34N4O2. The Morgan fingerprint density at radius 3 is 2.44 bits per heavy atom. The number of piperidine rings is 2. The number of benzene rings is 1. The van der Waals surface area contributed by atoms with Gasteiger partial charge in [0.1, 0.15) is 5.69 Å². The zero-order valence-corrected chi connectivity index (χ0v) is 20.7. The van der Waals surface area contributed by atoms with Gasteiger partial charge in [-0.3, -0.25) is 14.5 Å². The second-order valence-electron chi connectivity index (χ2n) is 12.4. The van der Waals surface area contributed by atoms with E-state index in [4.69, 9.17) is 4.98 Å². The lowest BCUT2D eigenvalue weighted by Crippen LogP contribution is -2.75. The SMILES string of the molecule is O=c1ccc(-c2nc3ccccc3n([C@H]3C[C@H]4CCC[C@@H](C3)N4[C@]34C[C@H]5CCC3[C@H](C5)C4)c2=O)c[nH]1. The van der Waals surface area contributed by atoms with Crippen LogP contribution in [0.2, 0.25) is 0 Å². The van der Waals surface area contributed by atoms with Crippen LogP contribution in [0, 0.1) is 17.8 Å². The molecule has 0 spiro atoms. The topological polar surface area (TPSA) is 71.0 Å². The van der Waals surface area contributed by atoms with Crippen LogP contribution in [0.1, 0.15) is 70.3 Å². The number of aromatic nitrogens is 3. The van der Waals surface area contributed by atoms with Gasteiger partial charge in [-0.25, -0.2) is 4.98 Å². The Morgan fingerprint density at radius 2 is 1.72 bits per heavy atom. The highest BCUT2D eigenvalue weighted by Gasteiger charge is 2.65. The molecule has 4 saturated carbocycles. The van der Waals surface area contributed by atoms with E-state index in [-0.39, 0.29) is 17.2 Å². The Balaban J connectivity index is 1.21. The largest absolute Gasteiger partial charge is 0.328 e.